The molecule has 1 amide bonds. The zero-order chi connectivity index (χ0) is 13.8. The van der Waals surface area contributed by atoms with Crippen LogP contribution in [0, 0.1) is 0 Å². The van der Waals surface area contributed by atoms with Crippen molar-refractivity contribution in [2.75, 3.05) is 11.5 Å². The second-order valence-electron chi connectivity index (χ2n) is 5.44. The van der Waals surface area contributed by atoms with E-state index in [1.54, 1.807) is 18.3 Å². The molecule has 3 rings (SSSR count). The number of amides is 1. The van der Waals surface area contributed by atoms with Gasteiger partial charge >= 0.3 is 0 Å². The second-order valence-corrected chi connectivity index (χ2v) is 6.59. The number of thioether (sulfide) groups is 1. The largest absolute Gasteiger partial charge is 0.473 e. The third-order valence-corrected chi connectivity index (χ3v) is 5.00. The number of hydrogen-bond acceptors (Lipinski definition) is 4. The van der Waals surface area contributed by atoms with Crippen molar-refractivity contribution in [2.45, 2.75) is 44.2 Å². The summed E-state index contributed by atoms with van der Waals surface area (Å²) in [5.74, 6) is 2.79. The fourth-order valence-electron chi connectivity index (χ4n) is 2.70. The number of carbonyl (C=O) groups is 1. The van der Waals surface area contributed by atoms with Crippen LogP contribution in [0.5, 0.6) is 5.88 Å². The number of carbonyl (C=O) groups excluding carboxylic acids is 1. The highest BCUT2D eigenvalue weighted by molar-refractivity contribution is 7.99. The highest BCUT2D eigenvalue weighted by Crippen LogP contribution is 2.22. The molecule has 0 radical (unpaired) electrons. The average Bonchev–Trinajstić information content (AvgIpc) is 3.13. The Labute approximate surface area is 123 Å². The normalized spacial score (nSPS) is 22.9. The number of ether oxygens (including phenoxy) is 1. The SMILES string of the molecule is O=C(NC1CCCC1)c1ccc(OC2CCSC2)nc1. The molecular formula is C15H20N2O2S. The first kappa shape index (κ1) is 13.7. The minimum Gasteiger partial charge on any atom is -0.473 e. The summed E-state index contributed by atoms with van der Waals surface area (Å²) >= 11 is 1.91. The number of nitrogens with one attached hydrogen (secondary N) is 1. The maximum Gasteiger partial charge on any atom is 0.253 e. The predicted molar refractivity (Wildman–Crippen MR) is 80.3 cm³/mol. The summed E-state index contributed by atoms with van der Waals surface area (Å²) in [7, 11) is 0. The minimum absolute atomic E-state index is 0.0210. The molecule has 1 aromatic rings. The zero-order valence-corrected chi connectivity index (χ0v) is 12.3. The first-order valence-corrected chi connectivity index (χ1v) is 8.48. The molecule has 5 heteroatoms. The smallest absolute Gasteiger partial charge is 0.253 e. The fourth-order valence-corrected chi connectivity index (χ4v) is 3.79. The number of rotatable bonds is 4. The van der Waals surface area contributed by atoms with E-state index in [1.807, 2.05) is 11.8 Å². The van der Waals surface area contributed by atoms with Crippen molar-refractivity contribution >= 4 is 17.7 Å². The third kappa shape index (κ3) is 3.45. The maximum absolute atomic E-state index is 12.1. The van der Waals surface area contributed by atoms with Crippen LogP contribution in [0.3, 0.4) is 0 Å². The average molecular weight is 292 g/mol. The van der Waals surface area contributed by atoms with Crippen LogP contribution in [0.4, 0.5) is 0 Å². The van der Waals surface area contributed by atoms with E-state index < -0.39 is 0 Å². The Morgan fingerprint density at radius 2 is 2.15 bits per heavy atom. The summed E-state index contributed by atoms with van der Waals surface area (Å²) < 4.78 is 5.78. The Morgan fingerprint density at radius 3 is 2.80 bits per heavy atom. The lowest BCUT2D eigenvalue weighted by molar-refractivity contribution is 0.0937. The zero-order valence-electron chi connectivity index (χ0n) is 11.5. The summed E-state index contributed by atoms with van der Waals surface area (Å²) in [6, 6.07) is 3.94. The topological polar surface area (TPSA) is 51.2 Å². The summed E-state index contributed by atoms with van der Waals surface area (Å²) in [6.07, 6.45) is 7.59. The van der Waals surface area contributed by atoms with Gasteiger partial charge in [-0.15, -0.1) is 0 Å². The predicted octanol–water partition coefficient (Wildman–Crippen LogP) is 2.64. The molecule has 1 unspecified atom stereocenters. The van der Waals surface area contributed by atoms with E-state index in [4.69, 9.17) is 4.74 Å². The number of hydrogen-bond donors (Lipinski definition) is 1. The van der Waals surface area contributed by atoms with E-state index in [-0.39, 0.29) is 12.0 Å². The molecule has 1 aliphatic carbocycles. The molecule has 1 atom stereocenters. The highest BCUT2D eigenvalue weighted by atomic mass is 32.2. The quantitative estimate of drug-likeness (QED) is 0.927. The van der Waals surface area contributed by atoms with Crippen LogP contribution in [0.1, 0.15) is 42.5 Å². The monoisotopic (exact) mass is 292 g/mol. The van der Waals surface area contributed by atoms with Crippen LogP contribution in [-0.4, -0.2) is 34.5 Å². The van der Waals surface area contributed by atoms with Gasteiger partial charge in [-0.3, -0.25) is 4.79 Å². The van der Waals surface area contributed by atoms with Crippen molar-refractivity contribution in [3.8, 4) is 5.88 Å². The molecule has 1 saturated heterocycles. The van der Waals surface area contributed by atoms with Crippen molar-refractivity contribution in [2.24, 2.45) is 0 Å². The molecule has 4 nitrogen and oxygen atoms in total. The molecule has 1 aromatic heterocycles. The minimum atomic E-state index is -0.0210. The van der Waals surface area contributed by atoms with Crippen LogP contribution < -0.4 is 10.1 Å². The van der Waals surface area contributed by atoms with Crippen LogP contribution in [-0.2, 0) is 0 Å². The van der Waals surface area contributed by atoms with Gasteiger partial charge in [0.2, 0.25) is 5.88 Å². The molecule has 20 heavy (non-hydrogen) atoms. The standard InChI is InChI=1S/C15H20N2O2S/c18-15(17-12-3-1-2-4-12)11-5-6-14(16-9-11)19-13-7-8-20-10-13/h5-6,9,12-13H,1-4,7-8,10H2,(H,17,18). The van der Waals surface area contributed by atoms with Gasteiger partial charge in [-0.2, -0.15) is 11.8 Å². The number of pyridine rings is 1. The second kappa shape index (κ2) is 6.48. The Morgan fingerprint density at radius 1 is 1.30 bits per heavy atom. The molecule has 1 N–H and O–H groups in total. The Hall–Kier alpha value is -1.23. The summed E-state index contributed by atoms with van der Waals surface area (Å²) in [4.78, 5) is 16.3. The Bertz CT molecular complexity index is 451. The van der Waals surface area contributed by atoms with Crippen LogP contribution >= 0.6 is 11.8 Å². The summed E-state index contributed by atoms with van der Waals surface area (Å²) in [5.41, 5.74) is 0.616. The molecule has 2 heterocycles. The van der Waals surface area contributed by atoms with Crippen molar-refractivity contribution in [1.82, 2.24) is 10.3 Å². The van der Waals surface area contributed by atoms with Crippen LogP contribution in [0.15, 0.2) is 18.3 Å². The molecule has 0 spiro atoms. The van der Waals surface area contributed by atoms with Gasteiger partial charge in [0, 0.05) is 24.1 Å². The molecule has 1 aliphatic heterocycles. The molecule has 1 saturated carbocycles. The van der Waals surface area contributed by atoms with Gasteiger partial charge in [-0.1, -0.05) is 12.8 Å². The van der Waals surface area contributed by atoms with E-state index in [9.17, 15) is 4.79 Å². The van der Waals surface area contributed by atoms with Gasteiger partial charge in [0.1, 0.15) is 6.10 Å². The van der Waals surface area contributed by atoms with Gasteiger partial charge in [0.05, 0.1) is 5.56 Å². The number of aromatic nitrogens is 1. The van der Waals surface area contributed by atoms with Gasteiger partial charge in [0.25, 0.3) is 5.91 Å². The maximum atomic E-state index is 12.1. The fraction of sp³-hybridized carbons (Fsp3) is 0.600. The first-order chi connectivity index (χ1) is 9.81. The number of nitrogens with zero attached hydrogens (tertiary/aromatic N) is 1. The van der Waals surface area contributed by atoms with Crippen LogP contribution in [0.2, 0.25) is 0 Å². The third-order valence-electron chi connectivity index (χ3n) is 3.86. The van der Waals surface area contributed by atoms with E-state index in [2.05, 4.69) is 10.3 Å². The Balaban J connectivity index is 1.55. The molecule has 0 aromatic carbocycles. The molecule has 108 valence electrons. The van der Waals surface area contributed by atoms with Crippen molar-refractivity contribution in [3.05, 3.63) is 23.9 Å². The highest BCUT2D eigenvalue weighted by Gasteiger charge is 2.19. The van der Waals surface area contributed by atoms with Crippen molar-refractivity contribution in [1.29, 1.82) is 0 Å². The molecule has 2 fully saturated rings. The molecular weight excluding hydrogens is 272 g/mol. The lowest BCUT2D eigenvalue weighted by atomic mass is 10.2. The van der Waals surface area contributed by atoms with E-state index >= 15 is 0 Å². The van der Waals surface area contributed by atoms with E-state index in [0.717, 1.165) is 30.8 Å². The molecule has 2 aliphatic rings. The van der Waals surface area contributed by atoms with Crippen molar-refractivity contribution < 1.29 is 9.53 Å². The summed E-state index contributed by atoms with van der Waals surface area (Å²) in [5, 5.41) is 3.06. The van der Waals surface area contributed by atoms with E-state index in [0.29, 0.717) is 17.5 Å². The lowest BCUT2D eigenvalue weighted by Gasteiger charge is -2.13. The summed E-state index contributed by atoms with van der Waals surface area (Å²) in [6.45, 7) is 0. The first-order valence-electron chi connectivity index (χ1n) is 7.32. The van der Waals surface area contributed by atoms with Gasteiger partial charge in [0.15, 0.2) is 0 Å². The van der Waals surface area contributed by atoms with Gasteiger partial charge < -0.3 is 10.1 Å². The molecule has 0 bridgehead atoms. The van der Waals surface area contributed by atoms with E-state index in [1.165, 1.54) is 12.8 Å². The van der Waals surface area contributed by atoms with Gasteiger partial charge in [-0.25, -0.2) is 4.98 Å². The van der Waals surface area contributed by atoms with Crippen molar-refractivity contribution in [3.63, 3.8) is 0 Å². The Kier molecular flexibility index (Phi) is 4.45. The lowest BCUT2D eigenvalue weighted by Crippen LogP contribution is -2.32. The van der Waals surface area contributed by atoms with Gasteiger partial charge in [-0.05, 0) is 31.1 Å². The van der Waals surface area contributed by atoms with Crippen LogP contribution in [0.25, 0.3) is 0 Å².